The second-order valence-electron chi connectivity index (χ2n) is 9.24. The van der Waals surface area contributed by atoms with Crippen molar-refractivity contribution < 1.29 is 9.53 Å². The fourth-order valence-electron chi connectivity index (χ4n) is 4.24. The molecule has 8 heteroatoms. The van der Waals surface area contributed by atoms with Gasteiger partial charge in [-0.1, -0.05) is 12.8 Å². The molecule has 0 N–H and O–H groups in total. The largest absolute Gasteiger partial charge is 0.443 e. The van der Waals surface area contributed by atoms with Gasteiger partial charge in [-0.25, -0.2) is 9.97 Å². The minimum absolute atomic E-state index is 0.0972. The van der Waals surface area contributed by atoms with Crippen molar-refractivity contribution in [2.75, 3.05) is 0 Å². The standard InChI is InChI=1S/C23H28N6O2/c1-23(2,3)22(30)31-15-28-11-9-18-20(25-14-26-21(18)28)17-12-27-29(13-17)19(8-10-24)16-6-4-5-7-16/h9,11-14,16,19H,4-8,15H2,1-3H3/t19-/m0/s1. The van der Waals surface area contributed by atoms with Crippen LogP contribution in [0.25, 0.3) is 22.3 Å². The molecule has 0 aliphatic heterocycles. The summed E-state index contributed by atoms with van der Waals surface area (Å²) in [5, 5.41) is 14.8. The molecule has 0 amide bonds. The van der Waals surface area contributed by atoms with Gasteiger partial charge in [0.15, 0.2) is 6.73 Å². The molecule has 8 nitrogen and oxygen atoms in total. The Bertz CT molecular complexity index is 1110. The summed E-state index contributed by atoms with van der Waals surface area (Å²) in [5.41, 5.74) is 1.80. The summed E-state index contributed by atoms with van der Waals surface area (Å²) in [4.78, 5) is 21.0. The van der Waals surface area contributed by atoms with Crippen molar-refractivity contribution in [2.45, 2.75) is 65.6 Å². The van der Waals surface area contributed by atoms with Crippen LogP contribution in [-0.4, -0.2) is 30.3 Å². The number of rotatable bonds is 6. The maximum atomic E-state index is 12.1. The van der Waals surface area contributed by atoms with Gasteiger partial charge in [0.1, 0.15) is 12.0 Å². The summed E-state index contributed by atoms with van der Waals surface area (Å²) in [5.74, 6) is 0.233. The predicted octanol–water partition coefficient (Wildman–Crippen LogP) is 4.49. The van der Waals surface area contributed by atoms with E-state index in [-0.39, 0.29) is 18.7 Å². The van der Waals surface area contributed by atoms with Gasteiger partial charge < -0.3 is 4.74 Å². The van der Waals surface area contributed by atoms with Gasteiger partial charge in [0.05, 0.1) is 35.8 Å². The van der Waals surface area contributed by atoms with E-state index >= 15 is 0 Å². The van der Waals surface area contributed by atoms with Gasteiger partial charge in [-0.15, -0.1) is 0 Å². The molecule has 162 valence electrons. The predicted molar refractivity (Wildman–Crippen MR) is 116 cm³/mol. The zero-order valence-electron chi connectivity index (χ0n) is 18.3. The van der Waals surface area contributed by atoms with Gasteiger partial charge in [0.25, 0.3) is 0 Å². The van der Waals surface area contributed by atoms with Gasteiger partial charge >= 0.3 is 5.97 Å². The van der Waals surface area contributed by atoms with E-state index in [1.54, 1.807) is 10.8 Å². The number of hydrogen-bond acceptors (Lipinski definition) is 6. The number of esters is 1. The molecular formula is C23H28N6O2. The first kappa shape index (κ1) is 21.0. The first-order valence-corrected chi connectivity index (χ1v) is 10.8. The fourth-order valence-corrected chi connectivity index (χ4v) is 4.24. The van der Waals surface area contributed by atoms with Crippen LogP contribution < -0.4 is 0 Å². The third-order valence-electron chi connectivity index (χ3n) is 5.96. The Morgan fingerprint density at radius 2 is 2.10 bits per heavy atom. The summed E-state index contributed by atoms with van der Waals surface area (Å²) in [6.07, 6.45) is 12.4. The smallest absolute Gasteiger partial charge is 0.312 e. The summed E-state index contributed by atoms with van der Waals surface area (Å²) in [7, 11) is 0. The highest BCUT2D eigenvalue weighted by Crippen LogP contribution is 2.36. The van der Waals surface area contributed by atoms with E-state index in [0.29, 0.717) is 18.0 Å². The molecule has 3 aromatic rings. The van der Waals surface area contributed by atoms with Crippen molar-refractivity contribution in [3.8, 4) is 17.3 Å². The van der Waals surface area contributed by atoms with Crippen LogP contribution in [0.2, 0.25) is 0 Å². The van der Waals surface area contributed by atoms with Gasteiger partial charge in [-0.05, 0) is 45.6 Å². The Morgan fingerprint density at radius 1 is 1.32 bits per heavy atom. The molecule has 1 saturated carbocycles. The lowest BCUT2D eigenvalue weighted by Gasteiger charge is -2.21. The van der Waals surface area contributed by atoms with Crippen LogP contribution in [0.4, 0.5) is 0 Å². The molecular weight excluding hydrogens is 392 g/mol. The van der Waals surface area contributed by atoms with Gasteiger partial charge in [0, 0.05) is 23.3 Å². The van der Waals surface area contributed by atoms with Gasteiger partial charge in [-0.3, -0.25) is 14.0 Å². The second kappa shape index (κ2) is 8.50. The number of nitrogens with zero attached hydrogens (tertiary/aromatic N) is 6. The van der Waals surface area contributed by atoms with Crippen LogP contribution >= 0.6 is 0 Å². The molecule has 0 unspecified atom stereocenters. The molecule has 31 heavy (non-hydrogen) atoms. The maximum Gasteiger partial charge on any atom is 0.312 e. The average Bonchev–Trinajstić information content (AvgIpc) is 3.50. The SMILES string of the molecule is CC(C)(C)C(=O)OCn1ccc2c(-c3cnn([C@@H](CC#N)C4CCCC4)c3)ncnc21. The van der Waals surface area contributed by atoms with Gasteiger partial charge in [-0.2, -0.15) is 10.4 Å². The monoisotopic (exact) mass is 420 g/mol. The first-order valence-electron chi connectivity index (χ1n) is 10.8. The van der Waals surface area contributed by atoms with Crippen molar-refractivity contribution in [3.63, 3.8) is 0 Å². The van der Waals surface area contributed by atoms with Crippen molar-refractivity contribution >= 4 is 17.0 Å². The molecule has 1 aliphatic rings. The van der Waals surface area contributed by atoms with Crippen LogP contribution in [0.15, 0.2) is 31.0 Å². The minimum atomic E-state index is -0.559. The summed E-state index contributed by atoms with van der Waals surface area (Å²) in [6, 6.07) is 4.35. The molecule has 0 saturated heterocycles. The van der Waals surface area contributed by atoms with Crippen LogP contribution in [0.5, 0.6) is 0 Å². The van der Waals surface area contributed by atoms with E-state index in [1.165, 1.54) is 19.2 Å². The third-order valence-corrected chi connectivity index (χ3v) is 5.96. The van der Waals surface area contributed by atoms with Crippen molar-refractivity contribution in [1.29, 1.82) is 5.26 Å². The Hall–Kier alpha value is -3.21. The molecule has 0 bridgehead atoms. The van der Waals surface area contributed by atoms with Gasteiger partial charge in [0.2, 0.25) is 0 Å². The van der Waals surface area contributed by atoms with Crippen LogP contribution in [0, 0.1) is 22.7 Å². The topological polar surface area (TPSA) is 98.6 Å². The third kappa shape index (κ3) is 4.31. The van der Waals surface area contributed by atoms with Crippen molar-refractivity contribution in [3.05, 3.63) is 31.0 Å². The quantitative estimate of drug-likeness (QED) is 0.545. The normalized spacial score (nSPS) is 15.8. The number of nitriles is 1. The number of carbonyl (C=O) groups excluding carboxylic acids is 1. The van der Waals surface area contributed by atoms with Crippen LogP contribution in [-0.2, 0) is 16.3 Å². The Morgan fingerprint density at radius 3 is 2.81 bits per heavy atom. The van der Waals surface area contributed by atoms with E-state index in [2.05, 4.69) is 21.1 Å². The number of fused-ring (bicyclic) bond motifs is 1. The van der Waals surface area contributed by atoms with E-state index in [1.807, 2.05) is 43.9 Å². The lowest BCUT2D eigenvalue weighted by Crippen LogP contribution is -2.23. The molecule has 3 aromatic heterocycles. The van der Waals surface area contributed by atoms with Crippen molar-refractivity contribution in [2.24, 2.45) is 11.3 Å². The fraction of sp³-hybridized carbons (Fsp3) is 0.522. The Kier molecular flexibility index (Phi) is 5.77. The molecule has 1 fully saturated rings. The van der Waals surface area contributed by atoms with Crippen LogP contribution in [0.1, 0.15) is 58.9 Å². The number of ether oxygens (including phenoxy) is 1. The average molecular weight is 421 g/mol. The lowest BCUT2D eigenvalue weighted by molar-refractivity contribution is -0.156. The number of aromatic nitrogens is 5. The second-order valence-corrected chi connectivity index (χ2v) is 9.24. The van der Waals surface area contributed by atoms with E-state index in [9.17, 15) is 10.1 Å². The molecule has 1 aliphatic carbocycles. The summed E-state index contributed by atoms with van der Waals surface area (Å²) < 4.78 is 9.17. The highest BCUT2D eigenvalue weighted by Gasteiger charge is 2.27. The minimum Gasteiger partial charge on any atom is -0.443 e. The molecule has 3 heterocycles. The molecule has 0 spiro atoms. The Balaban J connectivity index is 1.60. The zero-order chi connectivity index (χ0) is 22.0. The lowest BCUT2D eigenvalue weighted by atomic mass is 9.96. The summed E-state index contributed by atoms with van der Waals surface area (Å²) >= 11 is 0. The Labute approximate surface area is 181 Å². The maximum absolute atomic E-state index is 12.1. The number of hydrogen-bond donors (Lipinski definition) is 0. The van der Waals surface area contributed by atoms with E-state index in [0.717, 1.165) is 29.5 Å². The zero-order valence-corrected chi connectivity index (χ0v) is 18.3. The molecule has 4 rings (SSSR count). The van der Waals surface area contributed by atoms with Crippen LogP contribution in [0.3, 0.4) is 0 Å². The van der Waals surface area contributed by atoms with Crippen molar-refractivity contribution in [1.82, 2.24) is 24.3 Å². The number of carbonyl (C=O) groups is 1. The molecule has 1 atom stereocenters. The first-order chi connectivity index (χ1) is 14.9. The van der Waals surface area contributed by atoms with E-state index in [4.69, 9.17) is 4.74 Å². The molecule has 0 aromatic carbocycles. The van der Waals surface area contributed by atoms with E-state index < -0.39 is 5.41 Å². The summed E-state index contributed by atoms with van der Waals surface area (Å²) in [6.45, 7) is 5.58. The highest BCUT2D eigenvalue weighted by atomic mass is 16.5. The molecule has 0 radical (unpaired) electrons. The highest BCUT2D eigenvalue weighted by molar-refractivity contribution is 5.90.